The molecule has 2 atom stereocenters. The van der Waals surface area contributed by atoms with Gasteiger partial charge in [0.15, 0.2) is 0 Å². The summed E-state index contributed by atoms with van der Waals surface area (Å²) in [5.74, 6) is 0.660. The Hall–Kier alpha value is -1.39. The van der Waals surface area contributed by atoms with Crippen LogP contribution in [0.4, 0.5) is 0 Å². The van der Waals surface area contributed by atoms with Gasteiger partial charge in [-0.15, -0.1) is 0 Å². The van der Waals surface area contributed by atoms with Crippen molar-refractivity contribution in [3.63, 3.8) is 0 Å². The first kappa shape index (κ1) is 13.6. The number of nitrogens with two attached hydrogens (primary N) is 1. The van der Waals surface area contributed by atoms with Crippen molar-refractivity contribution in [2.45, 2.75) is 24.8 Å². The maximum atomic E-state index is 12.5. The quantitative estimate of drug-likeness (QED) is 0.886. The monoisotopic (exact) mass is 274 g/mol. The van der Waals surface area contributed by atoms with Crippen LogP contribution in [0.1, 0.15) is 24.3 Å². The second-order valence-corrected chi connectivity index (χ2v) is 5.81. The number of ether oxygens (including phenoxy) is 1. The molecular weight excluding hydrogens is 252 g/mol. The molecular formula is C16H22N2O2. The van der Waals surface area contributed by atoms with Crippen LogP contribution in [0.15, 0.2) is 30.3 Å². The highest BCUT2D eigenvalue weighted by Crippen LogP contribution is 2.28. The van der Waals surface area contributed by atoms with Crippen molar-refractivity contribution in [3.05, 3.63) is 35.9 Å². The molecule has 2 N–H and O–H groups in total. The molecule has 3 rings (SSSR count). The molecule has 2 heterocycles. The van der Waals surface area contributed by atoms with E-state index in [1.807, 2.05) is 23.1 Å². The molecule has 0 unspecified atom stereocenters. The van der Waals surface area contributed by atoms with Crippen LogP contribution in [0.3, 0.4) is 0 Å². The molecule has 1 amide bonds. The Morgan fingerprint density at radius 2 is 1.85 bits per heavy atom. The second kappa shape index (κ2) is 5.94. The van der Waals surface area contributed by atoms with Gasteiger partial charge in [-0.1, -0.05) is 30.3 Å². The van der Waals surface area contributed by atoms with Crippen LogP contribution in [0.25, 0.3) is 0 Å². The van der Waals surface area contributed by atoms with Crippen molar-refractivity contribution in [1.82, 2.24) is 4.90 Å². The fourth-order valence-corrected chi connectivity index (χ4v) is 3.26. The van der Waals surface area contributed by atoms with E-state index in [9.17, 15) is 4.79 Å². The summed E-state index contributed by atoms with van der Waals surface area (Å²) in [5, 5.41) is 0. The van der Waals surface area contributed by atoms with Gasteiger partial charge in [-0.25, -0.2) is 0 Å². The lowest BCUT2D eigenvalue weighted by Crippen LogP contribution is -2.38. The molecule has 108 valence electrons. The molecule has 2 saturated heterocycles. The number of benzene rings is 1. The minimum Gasteiger partial charge on any atom is -0.381 e. The predicted molar refractivity (Wildman–Crippen MR) is 77.3 cm³/mol. The Morgan fingerprint density at radius 1 is 1.15 bits per heavy atom. The van der Waals surface area contributed by atoms with E-state index in [4.69, 9.17) is 10.5 Å². The SMILES string of the molecule is N[C@H]1CN(C(=O)C2CCOCC2)C[C@@H]1c1ccccc1. The minimum atomic E-state index is 0.0428. The van der Waals surface area contributed by atoms with Gasteiger partial charge in [0.05, 0.1) is 0 Å². The molecule has 1 aromatic carbocycles. The molecule has 2 aliphatic rings. The molecule has 0 aliphatic carbocycles. The zero-order chi connectivity index (χ0) is 13.9. The van der Waals surface area contributed by atoms with Crippen LogP contribution in [0.2, 0.25) is 0 Å². The van der Waals surface area contributed by atoms with Crippen molar-refractivity contribution in [2.75, 3.05) is 26.3 Å². The van der Waals surface area contributed by atoms with Gasteiger partial charge in [-0.2, -0.15) is 0 Å². The minimum absolute atomic E-state index is 0.0428. The summed E-state index contributed by atoms with van der Waals surface area (Å²) in [6.07, 6.45) is 1.70. The fourth-order valence-electron chi connectivity index (χ4n) is 3.26. The highest BCUT2D eigenvalue weighted by Gasteiger charge is 2.36. The number of nitrogens with zero attached hydrogens (tertiary/aromatic N) is 1. The summed E-state index contributed by atoms with van der Waals surface area (Å²) in [6, 6.07) is 10.3. The van der Waals surface area contributed by atoms with E-state index in [0.717, 1.165) is 19.4 Å². The van der Waals surface area contributed by atoms with Gasteiger partial charge in [-0.05, 0) is 18.4 Å². The Kier molecular flexibility index (Phi) is 4.03. The molecule has 20 heavy (non-hydrogen) atoms. The molecule has 0 aromatic heterocycles. The van der Waals surface area contributed by atoms with Crippen molar-refractivity contribution < 1.29 is 9.53 Å². The molecule has 0 radical (unpaired) electrons. The largest absolute Gasteiger partial charge is 0.381 e. The van der Waals surface area contributed by atoms with Crippen LogP contribution in [-0.2, 0) is 9.53 Å². The van der Waals surface area contributed by atoms with Gasteiger partial charge in [0.2, 0.25) is 5.91 Å². The molecule has 2 fully saturated rings. The van der Waals surface area contributed by atoms with Gasteiger partial charge in [0.25, 0.3) is 0 Å². The predicted octanol–water partition coefficient (Wildman–Crippen LogP) is 1.37. The summed E-state index contributed by atoms with van der Waals surface area (Å²) < 4.78 is 5.33. The van der Waals surface area contributed by atoms with E-state index in [0.29, 0.717) is 19.8 Å². The highest BCUT2D eigenvalue weighted by molar-refractivity contribution is 5.79. The average Bonchev–Trinajstić information content (AvgIpc) is 2.90. The molecule has 0 bridgehead atoms. The third kappa shape index (κ3) is 2.72. The first-order valence-electron chi connectivity index (χ1n) is 7.43. The van der Waals surface area contributed by atoms with Crippen molar-refractivity contribution in [2.24, 2.45) is 11.7 Å². The fraction of sp³-hybridized carbons (Fsp3) is 0.562. The second-order valence-electron chi connectivity index (χ2n) is 5.81. The van der Waals surface area contributed by atoms with E-state index in [1.165, 1.54) is 5.56 Å². The Bertz CT molecular complexity index is 457. The molecule has 4 heteroatoms. The molecule has 1 aromatic rings. The standard InChI is InChI=1S/C16H22N2O2/c17-15-11-18(16(19)13-6-8-20-9-7-13)10-14(15)12-4-2-1-3-5-12/h1-5,13-15H,6-11,17H2/t14-,15+/m1/s1. The van der Waals surface area contributed by atoms with Crippen molar-refractivity contribution >= 4 is 5.91 Å². The Labute approximate surface area is 119 Å². The lowest BCUT2D eigenvalue weighted by Gasteiger charge is -2.26. The van der Waals surface area contributed by atoms with E-state index >= 15 is 0 Å². The van der Waals surface area contributed by atoms with Gasteiger partial charge < -0.3 is 15.4 Å². The summed E-state index contributed by atoms with van der Waals surface area (Å²) in [6.45, 7) is 2.84. The summed E-state index contributed by atoms with van der Waals surface area (Å²) in [4.78, 5) is 14.5. The maximum Gasteiger partial charge on any atom is 0.225 e. The van der Waals surface area contributed by atoms with Crippen LogP contribution < -0.4 is 5.73 Å². The van der Waals surface area contributed by atoms with Crippen molar-refractivity contribution in [3.8, 4) is 0 Å². The summed E-state index contributed by atoms with van der Waals surface area (Å²) in [7, 11) is 0. The average molecular weight is 274 g/mol. The van der Waals surface area contributed by atoms with Crippen LogP contribution in [-0.4, -0.2) is 43.2 Å². The molecule has 2 aliphatic heterocycles. The van der Waals surface area contributed by atoms with Gasteiger partial charge in [-0.3, -0.25) is 4.79 Å². The van der Waals surface area contributed by atoms with Gasteiger partial charge in [0, 0.05) is 44.2 Å². The topological polar surface area (TPSA) is 55.6 Å². The van der Waals surface area contributed by atoms with Crippen LogP contribution in [0, 0.1) is 5.92 Å². The molecule has 0 spiro atoms. The molecule has 0 saturated carbocycles. The number of hydrogen-bond donors (Lipinski definition) is 1. The first-order valence-corrected chi connectivity index (χ1v) is 7.43. The number of amides is 1. The Balaban J connectivity index is 1.67. The normalized spacial score (nSPS) is 27.8. The zero-order valence-electron chi connectivity index (χ0n) is 11.7. The molecule has 4 nitrogen and oxygen atoms in total. The number of hydrogen-bond acceptors (Lipinski definition) is 3. The third-order valence-electron chi connectivity index (χ3n) is 4.48. The van der Waals surface area contributed by atoms with E-state index in [-0.39, 0.29) is 23.8 Å². The number of rotatable bonds is 2. The maximum absolute atomic E-state index is 12.5. The van der Waals surface area contributed by atoms with Crippen molar-refractivity contribution in [1.29, 1.82) is 0 Å². The number of carbonyl (C=O) groups excluding carboxylic acids is 1. The van der Waals surface area contributed by atoms with Crippen LogP contribution in [0.5, 0.6) is 0 Å². The highest BCUT2D eigenvalue weighted by atomic mass is 16.5. The van der Waals surface area contributed by atoms with Gasteiger partial charge in [0.1, 0.15) is 0 Å². The smallest absolute Gasteiger partial charge is 0.225 e. The van der Waals surface area contributed by atoms with Crippen LogP contribution >= 0.6 is 0 Å². The summed E-state index contributed by atoms with van der Waals surface area (Å²) in [5.41, 5.74) is 7.49. The van der Waals surface area contributed by atoms with Gasteiger partial charge >= 0.3 is 0 Å². The number of carbonyl (C=O) groups is 1. The van der Waals surface area contributed by atoms with E-state index in [1.54, 1.807) is 0 Å². The Morgan fingerprint density at radius 3 is 2.55 bits per heavy atom. The zero-order valence-corrected chi connectivity index (χ0v) is 11.7. The lowest BCUT2D eigenvalue weighted by molar-refractivity contribution is -0.137. The third-order valence-corrected chi connectivity index (χ3v) is 4.48. The lowest BCUT2D eigenvalue weighted by atomic mass is 9.95. The summed E-state index contributed by atoms with van der Waals surface area (Å²) >= 11 is 0. The number of likely N-dealkylation sites (tertiary alicyclic amines) is 1. The first-order chi connectivity index (χ1) is 9.75. The van der Waals surface area contributed by atoms with E-state index in [2.05, 4.69) is 12.1 Å². The van der Waals surface area contributed by atoms with E-state index < -0.39 is 0 Å².